The monoisotopic (exact) mass is 754 g/mol. The molecule has 0 aliphatic heterocycles. The van der Waals surface area contributed by atoms with Crippen molar-refractivity contribution in [2.75, 3.05) is 12.4 Å². The van der Waals surface area contributed by atoms with Gasteiger partial charge in [0.25, 0.3) is 0 Å². The number of aliphatic carboxylic acids is 3. The summed E-state index contributed by atoms with van der Waals surface area (Å²) in [4.78, 5) is 40.3. The number of unbranched alkanes of at least 4 members (excludes halogenated alkanes) is 3. The summed E-state index contributed by atoms with van der Waals surface area (Å²) in [6.45, 7) is 4.73. The van der Waals surface area contributed by atoms with E-state index >= 15 is 0 Å². The zero-order valence-corrected chi connectivity index (χ0v) is 28.4. The first kappa shape index (κ1) is 41.4. The second kappa shape index (κ2) is 37.8. The van der Waals surface area contributed by atoms with E-state index in [4.69, 9.17) is 28.4 Å². The summed E-state index contributed by atoms with van der Waals surface area (Å²) >= 11 is 3.41. The Balaban J connectivity index is -0.000000187. The smallest absolute Gasteiger partial charge is 0.305 e. The van der Waals surface area contributed by atoms with E-state index < -0.39 is 17.9 Å². The first-order chi connectivity index (χ1) is 16.1. The molecular formula is C21H38O8S3Sn2. The van der Waals surface area contributed by atoms with E-state index in [-0.39, 0.29) is 76.5 Å². The van der Waals surface area contributed by atoms with Gasteiger partial charge in [-0.25, -0.2) is 0 Å². The molecule has 13 heteroatoms. The maximum Gasteiger partial charge on any atom is 0.305 e. The van der Waals surface area contributed by atoms with E-state index in [1.165, 1.54) is 34.6 Å². The van der Waals surface area contributed by atoms with Gasteiger partial charge in [-0.3, -0.25) is 9.59 Å². The van der Waals surface area contributed by atoms with Gasteiger partial charge in [-0.15, -0.1) is 0 Å². The number of carboxylic acid groups (broad SMARTS) is 3. The number of carbonyl (C=O) groups excluding carboxylic acids is 3. The van der Waals surface area contributed by atoms with Crippen molar-refractivity contribution in [1.29, 1.82) is 0 Å². The van der Waals surface area contributed by atoms with Gasteiger partial charge in [0, 0.05) is 30.5 Å². The molecule has 0 aromatic heterocycles. The summed E-state index contributed by atoms with van der Waals surface area (Å²) in [5.41, 5.74) is 0. The van der Waals surface area contributed by atoms with Crippen molar-refractivity contribution in [2.24, 2.45) is 0 Å². The van der Waals surface area contributed by atoms with Gasteiger partial charge in [-0.2, -0.15) is 12.6 Å². The number of carboxylic acids is 3. The van der Waals surface area contributed by atoms with E-state index in [9.17, 15) is 29.4 Å². The van der Waals surface area contributed by atoms with Gasteiger partial charge >= 0.3 is 117 Å². The summed E-state index contributed by atoms with van der Waals surface area (Å²) in [5.74, 6) is -3.05. The van der Waals surface area contributed by atoms with Crippen molar-refractivity contribution in [3.63, 3.8) is 0 Å². The summed E-state index contributed by atoms with van der Waals surface area (Å²) < 4.78 is 7.52. The fourth-order valence-corrected chi connectivity index (χ4v) is 6.52. The Kier molecular flexibility index (Phi) is 46.0. The van der Waals surface area contributed by atoms with Crippen LogP contribution in [0.5, 0.6) is 0 Å². The number of hydrogen-bond donors (Lipinski definition) is 2. The van der Waals surface area contributed by atoms with E-state index in [2.05, 4.69) is 26.5 Å². The third-order valence-electron chi connectivity index (χ3n) is 3.40. The fraction of sp³-hybridized carbons (Fsp3) is 0.810. The summed E-state index contributed by atoms with van der Waals surface area (Å²) in [7, 11) is 9.77. The Morgan fingerprint density at radius 3 is 1.56 bits per heavy atom. The average molecular weight is 752 g/mol. The van der Waals surface area contributed by atoms with Crippen LogP contribution in [0.15, 0.2) is 0 Å². The molecule has 196 valence electrons. The van der Waals surface area contributed by atoms with Gasteiger partial charge in [-0.05, 0) is 32.1 Å². The van der Waals surface area contributed by atoms with Crippen LogP contribution in [-0.4, -0.2) is 79.7 Å². The number of hydrogen-bond acceptors (Lipinski definition) is 10. The minimum absolute atomic E-state index is 0.000151. The molecule has 0 amide bonds. The molecular weight excluding hydrogens is 714 g/mol. The number of esters is 1. The van der Waals surface area contributed by atoms with Crippen molar-refractivity contribution in [3.8, 4) is 0 Å². The Labute approximate surface area is 236 Å². The van der Waals surface area contributed by atoms with E-state index in [0.717, 1.165) is 0 Å². The Morgan fingerprint density at radius 2 is 1.24 bits per heavy atom. The van der Waals surface area contributed by atoms with Gasteiger partial charge in [0.2, 0.25) is 0 Å². The molecule has 0 atom stereocenters. The predicted molar refractivity (Wildman–Crippen MR) is 141 cm³/mol. The van der Waals surface area contributed by atoms with Crippen LogP contribution >= 0.6 is 31.2 Å². The van der Waals surface area contributed by atoms with Crippen molar-refractivity contribution >= 4 is 93.5 Å². The number of thiol groups is 1. The van der Waals surface area contributed by atoms with Crippen molar-refractivity contribution in [2.45, 2.75) is 93.3 Å². The quantitative estimate of drug-likeness (QED) is 0.0986. The molecule has 0 saturated carbocycles. The van der Waals surface area contributed by atoms with Crippen LogP contribution in [0.2, 0.25) is 8.87 Å². The molecule has 0 heterocycles. The largest absolute Gasteiger partial charge is 0.550 e. The Hall–Kier alpha value is 0.267. The fourth-order valence-electron chi connectivity index (χ4n) is 1.65. The minimum Gasteiger partial charge on any atom is -0.550 e. The third-order valence-corrected chi connectivity index (χ3v) is 9.51. The summed E-state index contributed by atoms with van der Waals surface area (Å²) in [6.07, 6.45) is 6.55. The second-order valence-electron chi connectivity index (χ2n) is 6.64. The number of carbonyl (C=O) groups is 4. The average Bonchev–Trinajstić information content (AvgIpc) is 2.78. The van der Waals surface area contributed by atoms with E-state index in [1.54, 1.807) is 0 Å². The molecule has 8 nitrogen and oxygen atoms in total. The van der Waals surface area contributed by atoms with Gasteiger partial charge in [0.1, 0.15) is 6.61 Å². The normalized spacial score (nSPS) is 8.68. The standard InChI is InChI=1S/C8H14O4S.C5H8O4.2C4H9.2S.2Sn/c9-7(10)3-1-2-4-8(11)12-5-6-13;6-4(7)2-1-3-5(8)9;2*1-3-4-2;;;;/h13H,1-6H2,(H,9,10);1-3H2,(H,6,7)(H,8,9);2*1,3-4H2,2H3;;;;/q;;;;;;2*+1/p-2. The van der Waals surface area contributed by atoms with Gasteiger partial charge in [-0.1, -0.05) is 0 Å². The first-order valence-corrected chi connectivity index (χ1v) is 23.7. The maximum absolute atomic E-state index is 10.8. The molecule has 34 heavy (non-hydrogen) atoms. The zero-order valence-electron chi connectivity index (χ0n) is 20.2. The van der Waals surface area contributed by atoms with E-state index in [0.29, 0.717) is 25.2 Å². The van der Waals surface area contributed by atoms with Gasteiger partial charge in [0.15, 0.2) is 0 Å². The van der Waals surface area contributed by atoms with Crippen LogP contribution in [0.4, 0.5) is 0 Å². The molecule has 0 aliphatic rings. The Morgan fingerprint density at radius 1 is 0.794 bits per heavy atom. The SMILES string of the molecule is CCC[CH2][Sn+]=[S].CCC[CH2][Sn+]=[S].O=C([O-])CCCC(=O)O.O=C([O-])CCCCC(=O)OCCS. The molecule has 0 fully saturated rings. The van der Waals surface area contributed by atoms with Crippen LogP contribution < -0.4 is 10.2 Å². The van der Waals surface area contributed by atoms with Crippen LogP contribution in [0.3, 0.4) is 0 Å². The topological polar surface area (TPSA) is 144 Å². The summed E-state index contributed by atoms with van der Waals surface area (Å²) in [6, 6.07) is 0. The van der Waals surface area contributed by atoms with E-state index in [1.807, 2.05) is 0 Å². The first-order valence-electron chi connectivity index (χ1n) is 11.2. The molecule has 0 aromatic rings. The van der Waals surface area contributed by atoms with Crippen LogP contribution in [0.1, 0.15) is 84.5 Å². The predicted octanol–water partition coefficient (Wildman–Crippen LogP) is 2.80. The molecule has 0 aromatic carbocycles. The second-order valence-corrected chi connectivity index (χ2v) is 15.5. The Bertz CT molecular complexity index is 512. The maximum atomic E-state index is 10.8. The summed E-state index contributed by atoms with van der Waals surface area (Å²) in [5, 5.41) is 27.7. The molecule has 0 aliphatic carbocycles. The van der Waals surface area contributed by atoms with Gasteiger partial charge < -0.3 is 29.6 Å². The molecule has 0 unspecified atom stereocenters. The molecule has 0 rings (SSSR count). The molecule has 0 saturated heterocycles. The number of ether oxygens (including phenoxy) is 1. The molecule has 0 bridgehead atoms. The van der Waals surface area contributed by atoms with Crippen molar-refractivity contribution < 1.29 is 39.2 Å². The molecule has 1 N–H and O–H groups in total. The van der Waals surface area contributed by atoms with Crippen molar-refractivity contribution in [1.82, 2.24) is 0 Å². The third kappa shape index (κ3) is 58.3. The van der Waals surface area contributed by atoms with Crippen LogP contribution in [0, 0.1) is 0 Å². The van der Waals surface area contributed by atoms with Crippen molar-refractivity contribution in [3.05, 3.63) is 0 Å². The number of rotatable bonds is 17. The molecule has 0 radical (unpaired) electrons. The molecule has 0 spiro atoms. The zero-order chi connectivity index (χ0) is 27.0. The van der Waals surface area contributed by atoms with Gasteiger partial charge in [0.05, 0.1) is 0 Å². The minimum atomic E-state index is -1.20. The van der Waals surface area contributed by atoms with Crippen LogP contribution in [-0.2, 0) is 23.9 Å². The van der Waals surface area contributed by atoms with Crippen LogP contribution in [0.25, 0.3) is 0 Å².